The predicted molar refractivity (Wildman–Crippen MR) is 119 cm³/mol. The third kappa shape index (κ3) is 4.59. The molecule has 3 rings (SSSR count). The number of aromatic nitrogens is 1. The lowest BCUT2D eigenvalue weighted by Crippen LogP contribution is -2.55. The summed E-state index contributed by atoms with van der Waals surface area (Å²) in [5.41, 5.74) is 0.793. The number of carbonyl (C=O) groups is 1. The quantitative estimate of drug-likeness (QED) is 0.689. The fraction of sp³-hybridized carbons (Fsp3) is 0.727. The highest BCUT2D eigenvalue weighted by molar-refractivity contribution is 6.62. The highest BCUT2D eigenvalue weighted by Gasteiger charge is 2.52. The van der Waals surface area contributed by atoms with E-state index in [4.69, 9.17) is 19.0 Å². The van der Waals surface area contributed by atoms with Crippen LogP contribution in [0.3, 0.4) is 0 Å². The number of anilines is 1. The topological polar surface area (TPSA) is 64.1 Å². The molecule has 0 aromatic carbocycles. The molecule has 0 bridgehead atoms. The Morgan fingerprint density at radius 1 is 1.20 bits per heavy atom. The Labute approximate surface area is 181 Å². The lowest BCUT2D eigenvalue weighted by Gasteiger charge is -2.40. The molecule has 2 saturated heterocycles. The summed E-state index contributed by atoms with van der Waals surface area (Å²) in [6.07, 6.45) is 1.60. The van der Waals surface area contributed by atoms with E-state index in [9.17, 15) is 4.79 Å². The van der Waals surface area contributed by atoms with Crippen LogP contribution in [0.2, 0.25) is 0 Å². The van der Waals surface area contributed by atoms with E-state index in [-0.39, 0.29) is 23.3 Å². The number of ether oxygens (including phenoxy) is 1. The Morgan fingerprint density at radius 3 is 2.30 bits per heavy atom. The van der Waals surface area contributed by atoms with E-state index in [1.165, 1.54) is 0 Å². The van der Waals surface area contributed by atoms with E-state index in [0.717, 1.165) is 16.8 Å². The van der Waals surface area contributed by atoms with Crippen LogP contribution in [0.5, 0.6) is 0 Å². The van der Waals surface area contributed by atoms with Gasteiger partial charge in [0, 0.05) is 37.3 Å². The van der Waals surface area contributed by atoms with Crippen LogP contribution in [0.15, 0.2) is 12.3 Å². The number of aryl methyl sites for hydroxylation is 1. The van der Waals surface area contributed by atoms with E-state index in [1.54, 1.807) is 4.90 Å². The molecule has 0 N–H and O–H groups in total. The SMILES string of the molecule is Cc1cc(N2CCN(C(=O)OC(C)(C)C)[C@@H](C)C2)ncc1B1OC(C)(C)C(C)(C)O1. The number of carbonyl (C=O) groups excluding carboxylic acids is 1. The lowest BCUT2D eigenvalue weighted by atomic mass is 9.77. The third-order valence-corrected chi connectivity index (χ3v) is 6.22. The molecule has 7 nitrogen and oxygen atoms in total. The van der Waals surface area contributed by atoms with Crippen LogP contribution in [0.1, 0.15) is 61.0 Å². The number of hydrogen-bond donors (Lipinski definition) is 0. The zero-order valence-electron chi connectivity index (χ0n) is 19.9. The van der Waals surface area contributed by atoms with Crippen LogP contribution >= 0.6 is 0 Å². The summed E-state index contributed by atoms with van der Waals surface area (Å²) >= 11 is 0. The fourth-order valence-electron chi connectivity index (χ4n) is 3.70. The van der Waals surface area contributed by atoms with Crippen LogP contribution in [-0.2, 0) is 14.0 Å². The first kappa shape index (κ1) is 22.9. The summed E-state index contributed by atoms with van der Waals surface area (Å²) in [4.78, 5) is 21.2. The standard InChI is InChI=1S/C22H36BN3O4/c1-15-12-18(24-13-17(15)23-29-21(6,7)22(8,9)30-23)25-10-11-26(16(2)14-25)19(27)28-20(3,4)5/h12-13,16H,10-11,14H2,1-9H3/t16-/m0/s1. The van der Waals surface area contributed by atoms with Crippen molar-refractivity contribution in [3.63, 3.8) is 0 Å². The first-order valence-electron chi connectivity index (χ1n) is 10.8. The van der Waals surface area contributed by atoms with E-state index in [1.807, 2.05) is 33.9 Å². The summed E-state index contributed by atoms with van der Waals surface area (Å²) in [6.45, 7) is 20.0. The largest absolute Gasteiger partial charge is 0.496 e. The van der Waals surface area contributed by atoms with Crippen LogP contribution in [0.4, 0.5) is 10.6 Å². The first-order valence-corrected chi connectivity index (χ1v) is 10.8. The Balaban J connectivity index is 1.69. The zero-order chi connectivity index (χ0) is 22.5. The van der Waals surface area contributed by atoms with Gasteiger partial charge in [-0.1, -0.05) is 0 Å². The maximum Gasteiger partial charge on any atom is 0.496 e. The Kier molecular flexibility index (Phi) is 5.88. The molecule has 0 spiro atoms. The highest BCUT2D eigenvalue weighted by Crippen LogP contribution is 2.36. The molecular weight excluding hydrogens is 381 g/mol. The monoisotopic (exact) mass is 417 g/mol. The van der Waals surface area contributed by atoms with Gasteiger partial charge in [-0.05, 0) is 73.9 Å². The average Bonchev–Trinajstić information content (AvgIpc) is 2.80. The molecule has 1 amide bonds. The Morgan fingerprint density at radius 2 is 1.80 bits per heavy atom. The third-order valence-electron chi connectivity index (χ3n) is 6.22. The molecule has 0 aliphatic carbocycles. The van der Waals surface area contributed by atoms with E-state index in [2.05, 4.69) is 45.6 Å². The highest BCUT2D eigenvalue weighted by atomic mass is 16.7. The van der Waals surface area contributed by atoms with Gasteiger partial charge in [0.2, 0.25) is 0 Å². The van der Waals surface area contributed by atoms with Crippen molar-refractivity contribution in [2.45, 2.75) is 85.2 Å². The molecule has 2 aliphatic heterocycles. The van der Waals surface area contributed by atoms with E-state index < -0.39 is 12.7 Å². The van der Waals surface area contributed by atoms with Gasteiger partial charge in [-0.2, -0.15) is 0 Å². The number of hydrogen-bond acceptors (Lipinski definition) is 6. The van der Waals surface area contributed by atoms with Crippen molar-refractivity contribution >= 4 is 24.5 Å². The fourth-order valence-corrected chi connectivity index (χ4v) is 3.70. The molecule has 8 heteroatoms. The molecule has 1 atom stereocenters. The van der Waals surface area contributed by atoms with Crippen molar-refractivity contribution in [2.24, 2.45) is 0 Å². The van der Waals surface area contributed by atoms with Crippen molar-refractivity contribution in [1.29, 1.82) is 0 Å². The minimum Gasteiger partial charge on any atom is -0.444 e. The Hall–Kier alpha value is -1.80. The van der Waals surface area contributed by atoms with Gasteiger partial charge in [0.1, 0.15) is 11.4 Å². The minimum absolute atomic E-state index is 0.0403. The maximum atomic E-state index is 12.5. The second-order valence-electron chi connectivity index (χ2n) is 10.5. The van der Waals surface area contributed by atoms with Gasteiger partial charge in [0.05, 0.1) is 11.2 Å². The molecule has 1 aromatic rings. The van der Waals surface area contributed by atoms with Gasteiger partial charge >= 0.3 is 13.2 Å². The summed E-state index contributed by atoms with van der Waals surface area (Å²) in [7, 11) is -0.417. The van der Waals surface area contributed by atoms with Crippen LogP contribution in [0, 0.1) is 6.92 Å². The van der Waals surface area contributed by atoms with E-state index >= 15 is 0 Å². The first-order chi connectivity index (χ1) is 13.7. The molecule has 1 aromatic heterocycles. The van der Waals surface area contributed by atoms with E-state index in [0.29, 0.717) is 19.6 Å². The summed E-state index contributed by atoms with van der Waals surface area (Å²) in [5.74, 6) is 0.906. The molecule has 2 aliphatic rings. The molecule has 166 valence electrons. The van der Waals surface area contributed by atoms with Crippen LogP contribution < -0.4 is 10.4 Å². The van der Waals surface area contributed by atoms with Crippen molar-refractivity contribution in [3.05, 3.63) is 17.8 Å². The average molecular weight is 417 g/mol. The molecule has 0 saturated carbocycles. The van der Waals surface area contributed by atoms with Crippen LogP contribution in [-0.4, -0.2) is 65.6 Å². The molecule has 0 radical (unpaired) electrons. The number of rotatable bonds is 2. The molecule has 0 unspecified atom stereocenters. The second-order valence-corrected chi connectivity index (χ2v) is 10.5. The maximum absolute atomic E-state index is 12.5. The molecular formula is C22H36BN3O4. The summed E-state index contributed by atoms with van der Waals surface area (Å²) < 4.78 is 17.9. The normalized spacial score (nSPS) is 23.6. The number of nitrogens with zero attached hydrogens (tertiary/aromatic N) is 3. The summed E-state index contributed by atoms with van der Waals surface area (Å²) in [5, 5.41) is 0. The Bertz CT molecular complexity index is 790. The van der Waals surface area contributed by atoms with Crippen molar-refractivity contribution < 1.29 is 18.8 Å². The minimum atomic E-state index is -0.490. The zero-order valence-corrected chi connectivity index (χ0v) is 19.9. The predicted octanol–water partition coefficient (Wildman–Crippen LogP) is 3.13. The molecule has 3 heterocycles. The van der Waals surface area contributed by atoms with Crippen LogP contribution in [0.25, 0.3) is 0 Å². The molecule has 30 heavy (non-hydrogen) atoms. The van der Waals surface area contributed by atoms with Gasteiger partial charge in [-0.15, -0.1) is 0 Å². The second kappa shape index (κ2) is 7.72. The molecule has 2 fully saturated rings. The number of piperazine rings is 1. The van der Waals surface area contributed by atoms with Gasteiger partial charge in [0.25, 0.3) is 0 Å². The van der Waals surface area contributed by atoms with Crippen molar-refractivity contribution in [1.82, 2.24) is 9.88 Å². The smallest absolute Gasteiger partial charge is 0.444 e. The van der Waals surface area contributed by atoms with Gasteiger partial charge in [-0.25, -0.2) is 9.78 Å². The van der Waals surface area contributed by atoms with Gasteiger partial charge < -0.3 is 23.8 Å². The van der Waals surface area contributed by atoms with Crippen molar-refractivity contribution in [2.75, 3.05) is 24.5 Å². The number of pyridine rings is 1. The summed E-state index contributed by atoms with van der Waals surface area (Å²) in [6, 6.07) is 2.12. The number of amides is 1. The van der Waals surface area contributed by atoms with Gasteiger partial charge in [-0.3, -0.25) is 0 Å². The van der Waals surface area contributed by atoms with Crippen molar-refractivity contribution in [3.8, 4) is 0 Å². The van der Waals surface area contributed by atoms with Gasteiger partial charge in [0.15, 0.2) is 0 Å². The lowest BCUT2D eigenvalue weighted by molar-refractivity contribution is 0.00578.